The van der Waals surface area contributed by atoms with Crippen molar-refractivity contribution in [3.63, 3.8) is 0 Å². The van der Waals surface area contributed by atoms with E-state index in [0.717, 1.165) is 25.1 Å². The number of hydrogen-bond acceptors (Lipinski definition) is 5. The highest BCUT2D eigenvalue weighted by atomic mass is 16.5. The Bertz CT molecular complexity index is 765. The molecule has 0 N–H and O–H groups in total. The van der Waals surface area contributed by atoms with E-state index in [2.05, 4.69) is 10.1 Å². The van der Waals surface area contributed by atoms with Gasteiger partial charge in [0.1, 0.15) is 5.75 Å². The van der Waals surface area contributed by atoms with Gasteiger partial charge in [-0.05, 0) is 50.7 Å². The molecule has 1 aromatic carbocycles. The van der Waals surface area contributed by atoms with Crippen molar-refractivity contribution in [3.8, 4) is 5.75 Å². The highest BCUT2D eigenvalue weighted by Crippen LogP contribution is 2.34. The van der Waals surface area contributed by atoms with Crippen LogP contribution in [0.1, 0.15) is 68.3 Å². The molecule has 2 aromatic rings. The number of aromatic nitrogens is 2. The van der Waals surface area contributed by atoms with Gasteiger partial charge in [-0.2, -0.15) is 4.98 Å². The van der Waals surface area contributed by atoms with E-state index in [4.69, 9.17) is 9.26 Å². The first kappa shape index (κ1) is 18.0. The monoisotopic (exact) mass is 369 g/mol. The minimum atomic E-state index is -0.0595. The van der Waals surface area contributed by atoms with Crippen LogP contribution in [0.4, 0.5) is 0 Å². The molecule has 1 saturated heterocycles. The van der Waals surface area contributed by atoms with Crippen LogP contribution in [0.3, 0.4) is 0 Å². The van der Waals surface area contributed by atoms with E-state index in [9.17, 15) is 4.79 Å². The predicted molar refractivity (Wildman–Crippen MR) is 100 cm³/mol. The van der Waals surface area contributed by atoms with Gasteiger partial charge in [-0.3, -0.25) is 4.79 Å². The molecule has 1 aliphatic carbocycles. The van der Waals surface area contributed by atoms with Crippen molar-refractivity contribution in [1.82, 2.24) is 15.0 Å². The second-order valence-corrected chi connectivity index (χ2v) is 7.75. The number of nitrogens with zero attached hydrogens (tertiary/aromatic N) is 3. The molecule has 2 heterocycles. The molecule has 6 heteroatoms. The van der Waals surface area contributed by atoms with Gasteiger partial charge in [-0.15, -0.1) is 0 Å². The number of aryl methyl sites for hydroxylation is 1. The van der Waals surface area contributed by atoms with Gasteiger partial charge in [0.25, 0.3) is 5.89 Å². The molecular formula is C21H27N3O3. The number of amides is 1. The average Bonchev–Trinajstić information content (AvgIpc) is 3.42. The summed E-state index contributed by atoms with van der Waals surface area (Å²) in [5.41, 5.74) is 1.19. The van der Waals surface area contributed by atoms with Crippen LogP contribution in [0.2, 0.25) is 0 Å². The molecule has 1 saturated carbocycles. The van der Waals surface area contributed by atoms with Crippen molar-refractivity contribution in [2.24, 2.45) is 5.92 Å². The Morgan fingerprint density at radius 2 is 1.96 bits per heavy atom. The maximum atomic E-state index is 12.7. The second kappa shape index (κ2) is 8.11. The van der Waals surface area contributed by atoms with E-state index in [1.165, 1.54) is 31.2 Å². The van der Waals surface area contributed by atoms with Crippen LogP contribution in [-0.2, 0) is 11.4 Å². The third-order valence-electron chi connectivity index (χ3n) is 5.68. The topological polar surface area (TPSA) is 68.5 Å². The Labute approximate surface area is 159 Å². The lowest BCUT2D eigenvalue weighted by atomic mass is 10.0. The molecule has 1 atom stereocenters. The van der Waals surface area contributed by atoms with Gasteiger partial charge < -0.3 is 14.2 Å². The predicted octanol–water partition coefficient (Wildman–Crippen LogP) is 4.20. The lowest BCUT2D eigenvalue weighted by Gasteiger charge is -2.23. The SMILES string of the molecule is Cc1ccc(OCc2nc(C3CCCN3C(=O)CC3CCCC3)no2)cc1. The molecule has 2 fully saturated rings. The fraction of sp³-hybridized carbons (Fsp3) is 0.571. The minimum Gasteiger partial charge on any atom is -0.484 e. The second-order valence-electron chi connectivity index (χ2n) is 7.75. The molecular weight excluding hydrogens is 342 g/mol. The van der Waals surface area contributed by atoms with Gasteiger partial charge in [-0.1, -0.05) is 35.7 Å². The zero-order chi connectivity index (χ0) is 18.6. The summed E-state index contributed by atoms with van der Waals surface area (Å²) >= 11 is 0. The van der Waals surface area contributed by atoms with Crippen molar-refractivity contribution in [3.05, 3.63) is 41.5 Å². The highest BCUT2D eigenvalue weighted by Gasteiger charge is 2.34. The van der Waals surface area contributed by atoms with E-state index in [1.807, 2.05) is 36.1 Å². The Morgan fingerprint density at radius 1 is 1.19 bits per heavy atom. The minimum absolute atomic E-state index is 0.0595. The number of benzene rings is 1. The van der Waals surface area contributed by atoms with Gasteiger partial charge in [0.15, 0.2) is 12.4 Å². The quantitative estimate of drug-likeness (QED) is 0.763. The summed E-state index contributed by atoms with van der Waals surface area (Å²) in [6.45, 7) is 3.06. The maximum absolute atomic E-state index is 12.7. The highest BCUT2D eigenvalue weighted by molar-refractivity contribution is 5.77. The van der Waals surface area contributed by atoms with Crippen LogP contribution >= 0.6 is 0 Å². The fourth-order valence-electron chi connectivity index (χ4n) is 4.15. The average molecular weight is 369 g/mol. The van der Waals surface area contributed by atoms with Crippen LogP contribution in [-0.4, -0.2) is 27.5 Å². The molecule has 0 bridgehead atoms. The zero-order valence-corrected chi connectivity index (χ0v) is 15.9. The summed E-state index contributed by atoms with van der Waals surface area (Å²) in [7, 11) is 0. The first-order valence-corrected chi connectivity index (χ1v) is 10.0. The Morgan fingerprint density at radius 3 is 2.74 bits per heavy atom. The van der Waals surface area contributed by atoms with E-state index in [0.29, 0.717) is 24.1 Å². The molecule has 1 amide bonds. The summed E-state index contributed by atoms with van der Waals surface area (Å²) in [6.07, 6.45) is 7.45. The van der Waals surface area contributed by atoms with Crippen LogP contribution < -0.4 is 4.74 Å². The number of likely N-dealkylation sites (tertiary alicyclic amines) is 1. The Balaban J connectivity index is 1.36. The van der Waals surface area contributed by atoms with Crippen LogP contribution in [0.5, 0.6) is 5.75 Å². The summed E-state index contributed by atoms with van der Waals surface area (Å²) in [5, 5.41) is 4.13. The smallest absolute Gasteiger partial charge is 0.264 e. The standard InChI is InChI=1S/C21H27N3O3/c1-15-8-10-17(11-9-15)26-14-19-22-21(23-27-19)18-7-4-12-24(18)20(25)13-16-5-2-3-6-16/h8-11,16,18H,2-7,12-14H2,1H3. The molecule has 1 aliphatic heterocycles. The van der Waals surface area contributed by atoms with Gasteiger partial charge in [0.2, 0.25) is 5.91 Å². The zero-order valence-electron chi connectivity index (χ0n) is 15.9. The first-order valence-electron chi connectivity index (χ1n) is 10.0. The normalized spacial score (nSPS) is 20.3. The third-order valence-corrected chi connectivity index (χ3v) is 5.68. The number of hydrogen-bond donors (Lipinski definition) is 0. The molecule has 27 heavy (non-hydrogen) atoms. The van der Waals surface area contributed by atoms with Gasteiger partial charge in [-0.25, -0.2) is 0 Å². The number of carbonyl (C=O) groups is 1. The van der Waals surface area contributed by atoms with Crippen molar-refractivity contribution >= 4 is 5.91 Å². The van der Waals surface area contributed by atoms with Crippen LogP contribution in [0.15, 0.2) is 28.8 Å². The largest absolute Gasteiger partial charge is 0.484 e. The molecule has 4 rings (SSSR count). The molecule has 1 unspecified atom stereocenters. The lowest BCUT2D eigenvalue weighted by molar-refractivity contribution is -0.133. The summed E-state index contributed by atoms with van der Waals surface area (Å²) in [4.78, 5) is 19.2. The van der Waals surface area contributed by atoms with E-state index in [-0.39, 0.29) is 18.6 Å². The van der Waals surface area contributed by atoms with E-state index in [1.54, 1.807) is 0 Å². The molecule has 144 valence electrons. The summed E-state index contributed by atoms with van der Waals surface area (Å²) in [6, 6.07) is 7.79. The van der Waals surface area contributed by atoms with Crippen LogP contribution in [0.25, 0.3) is 0 Å². The fourth-order valence-corrected chi connectivity index (χ4v) is 4.15. The lowest BCUT2D eigenvalue weighted by Crippen LogP contribution is -2.32. The van der Waals surface area contributed by atoms with E-state index >= 15 is 0 Å². The van der Waals surface area contributed by atoms with Crippen molar-refractivity contribution < 1.29 is 14.1 Å². The van der Waals surface area contributed by atoms with Crippen molar-refractivity contribution in [2.45, 2.75) is 64.5 Å². The molecule has 0 spiro atoms. The van der Waals surface area contributed by atoms with Crippen molar-refractivity contribution in [2.75, 3.05) is 6.54 Å². The summed E-state index contributed by atoms with van der Waals surface area (Å²) < 4.78 is 11.1. The Kier molecular flexibility index (Phi) is 5.41. The summed E-state index contributed by atoms with van der Waals surface area (Å²) in [5.74, 6) is 2.62. The van der Waals surface area contributed by atoms with Crippen molar-refractivity contribution in [1.29, 1.82) is 0 Å². The number of ether oxygens (including phenoxy) is 1. The van der Waals surface area contributed by atoms with Gasteiger partial charge in [0, 0.05) is 13.0 Å². The van der Waals surface area contributed by atoms with Gasteiger partial charge in [0.05, 0.1) is 6.04 Å². The maximum Gasteiger partial charge on any atom is 0.264 e. The van der Waals surface area contributed by atoms with E-state index < -0.39 is 0 Å². The Hall–Kier alpha value is -2.37. The third kappa shape index (κ3) is 4.31. The molecule has 6 nitrogen and oxygen atoms in total. The molecule has 2 aliphatic rings. The first-order chi connectivity index (χ1) is 13.2. The number of rotatable bonds is 6. The molecule has 0 radical (unpaired) electrons. The van der Waals surface area contributed by atoms with Gasteiger partial charge >= 0.3 is 0 Å². The van der Waals surface area contributed by atoms with Crippen LogP contribution in [0, 0.1) is 12.8 Å². The number of carbonyl (C=O) groups excluding carboxylic acids is 1. The molecule has 1 aromatic heterocycles.